The zero-order valence-electron chi connectivity index (χ0n) is 14.6. The first kappa shape index (κ1) is 18.4. The van der Waals surface area contributed by atoms with Crippen molar-refractivity contribution in [1.82, 2.24) is 14.8 Å². The molecule has 0 aliphatic carbocycles. The van der Waals surface area contributed by atoms with Crippen molar-refractivity contribution in [3.8, 4) is 5.75 Å². The third-order valence-corrected chi connectivity index (χ3v) is 4.77. The number of ether oxygens (including phenoxy) is 1. The molecule has 0 bridgehead atoms. The predicted octanol–water partition coefficient (Wildman–Crippen LogP) is 2.46. The lowest BCUT2D eigenvalue weighted by Crippen LogP contribution is -2.55. The lowest BCUT2D eigenvalue weighted by atomic mass is 10.1. The van der Waals surface area contributed by atoms with Crippen LogP contribution in [0.5, 0.6) is 5.75 Å². The van der Waals surface area contributed by atoms with Gasteiger partial charge in [-0.25, -0.2) is 0 Å². The number of alkyl halides is 3. The van der Waals surface area contributed by atoms with E-state index < -0.39 is 11.9 Å². The normalized spacial score (nSPS) is 17.6. The number of benzene rings is 1. The molecule has 2 aliphatic heterocycles. The van der Waals surface area contributed by atoms with Crippen LogP contribution < -0.4 is 4.74 Å². The Morgan fingerprint density at radius 3 is 2.29 bits per heavy atom. The Kier molecular flexibility index (Phi) is 4.54. The molecule has 146 valence electrons. The first-order valence-electron chi connectivity index (χ1n) is 8.70. The third-order valence-electron chi connectivity index (χ3n) is 4.77. The summed E-state index contributed by atoms with van der Waals surface area (Å²) in [5.41, 5.74) is -0.169. The Morgan fingerprint density at radius 1 is 1.04 bits per heavy atom. The number of fused-ring (bicyclic) bond motifs is 1. The summed E-state index contributed by atoms with van der Waals surface area (Å²) < 4.78 is 43.6. The van der Waals surface area contributed by atoms with Crippen LogP contribution in [-0.4, -0.2) is 58.9 Å². The molecular formula is C19H16F3N3O3. The van der Waals surface area contributed by atoms with Crippen molar-refractivity contribution >= 4 is 11.8 Å². The van der Waals surface area contributed by atoms with Gasteiger partial charge in [-0.1, -0.05) is 12.1 Å². The lowest BCUT2D eigenvalue weighted by Gasteiger charge is -2.39. The van der Waals surface area contributed by atoms with Crippen LogP contribution in [0, 0.1) is 0 Å². The van der Waals surface area contributed by atoms with Crippen LogP contribution in [0.15, 0.2) is 42.6 Å². The van der Waals surface area contributed by atoms with Gasteiger partial charge in [0.25, 0.3) is 11.8 Å². The van der Waals surface area contributed by atoms with Crippen molar-refractivity contribution in [2.45, 2.75) is 12.3 Å². The third kappa shape index (κ3) is 3.45. The molecule has 2 amide bonds. The minimum absolute atomic E-state index is 0.118. The average molecular weight is 391 g/mol. The zero-order valence-corrected chi connectivity index (χ0v) is 14.6. The topological polar surface area (TPSA) is 62.7 Å². The predicted molar refractivity (Wildman–Crippen MR) is 91.9 cm³/mol. The van der Waals surface area contributed by atoms with Crippen LogP contribution in [0.1, 0.15) is 26.4 Å². The summed E-state index contributed by atoms with van der Waals surface area (Å²) in [7, 11) is 0. The molecule has 2 aromatic rings. The van der Waals surface area contributed by atoms with Crippen LogP contribution in [0.4, 0.5) is 13.2 Å². The number of aromatic nitrogens is 1. The number of imide groups is 1. The number of carbonyl (C=O) groups excluding carboxylic acids is 2. The standard InChI is InChI=1S/C19H16F3N3O3/c20-19(21,22)16-9-12(5-6-23-16)28-13-10-24(11-13)7-8-25-17(26)14-3-1-2-4-15(14)18(25)27/h1-6,9,13H,7-8,10-11H2. The maximum absolute atomic E-state index is 12.7. The Hall–Kier alpha value is -2.94. The molecule has 1 aromatic heterocycles. The molecule has 3 heterocycles. The number of hydrogen-bond donors (Lipinski definition) is 0. The van der Waals surface area contributed by atoms with E-state index in [4.69, 9.17) is 4.74 Å². The smallest absolute Gasteiger partial charge is 0.433 e. The van der Waals surface area contributed by atoms with Crippen molar-refractivity contribution in [3.05, 3.63) is 59.4 Å². The SMILES string of the molecule is O=C1c2ccccc2C(=O)N1CCN1CC(Oc2ccnc(C(F)(F)F)c2)C1. The van der Waals surface area contributed by atoms with Crippen molar-refractivity contribution in [1.29, 1.82) is 0 Å². The van der Waals surface area contributed by atoms with Gasteiger partial charge in [-0.05, 0) is 18.2 Å². The summed E-state index contributed by atoms with van der Waals surface area (Å²) in [6.45, 7) is 1.75. The van der Waals surface area contributed by atoms with E-state index in [0.717, 1.165) is 12.3 Å². The van der Waals surface area contributed by atoms with Crippen molar-refractivity contribution in [2.75, 3.05) is 26.2 Å². The Morgan fingerprint density at radius 2 is 1.68 bits per heavy atom. The highest BCUT2D eigenvalue weighted by Gasteiger charge is 2.37. The van der Waals surface area contributed by atoms with Crippen molar-refractivity contribution in [3.63, 3.8) is 0 Å². The van der Waals surface area contributed by atoms with Gasteiger partial charge in [-0.2, -0.15) is 13.2 Å². The molecule has 28 heavy (non-hydrogen) atoms. The number of likely N-dealkylation sites (tertiary alicyclic amines) is 1. The number of pyridine rings is 1. The van der Waals surface area contributed by atoms with Gasteiger partial charge in [0, 0.05) is 38.4 Å². The highest BCUT2D eigenvalue weighted by molar-refractivity contribution is 6.21. The first-order chi connectivity index (χ1) is 13.3. The first-order valence-corrected chi connectivity index (χ1v) is 8.70. The summed E-state index contributed by atoms with van der Waals surface area (Å²) in [5.74, 6) is -0.483. The molecule has 1 fully saturated rings. The number of hydrogen-bond acceptors (Lipinski definition) is 5. The van der Waals surface area contributed by atoms with Gasteiger partial charge in [0.05, 0.1) is 11.1 Å². The second kappa shape index (κ2) is 6.90. The van der Waals surface area contributed by atoms with E-state index >= 15 is 0 Å². The van der Waals surface area contributed by atoms with Crippen LogP contribution in [-0.2, 0) is 6.18 Å². The van der Waals surface area contributed by atoms with E-state index in [2.05, 4.69) is 4.98 Å². The molecule has 2 aliphatic rings. The van der Waals surface area contributed by atoms with Gasteiger partial charge < -0.3 is 4.74 Å². The molecule has 1 aromatic carbocycles. The van der Waals surface area contributed by atoms with Gasteiger partial charge in [0.15, 0.2) is 0 Å². The van der Waals surface area contributed by atoms with Crippen LogP contribution in [0.25, 0.3) is 0 Å². The second-order valence-electron chi connectivity index (χ2n) is 6.68. The molecule has 0 saturated carbocycles. The van der Waals surface area contributed by atoms with E-state index in [9.17, 15) is 22.8 Å². The average Bonchev–Trinajstić information content (AvgIpc) is 2.88. The monoisotopic (exact) mass is 391 g/mol. The van der Waals surface area contributed by atoms with Gasteiger partial charge in [-0.3, -0.25) is 24.4 Å². The minimum Gasteiger partial charge on any atom is -0.488 e. The number of amides is 2. The lowest BCUT2D eigenvalue weighted by molar-refractivity contribution is -0.141. The largest absolute Gasteiger partial charge is 0.488 e. The van der Waals surface area contributed by atoms with Crippen LogP contribution in [0.2, 0.25) is 0 Å². The van der Waals surface area contributed by atoms with E-state index in [-0.39, 0.29) is 30.2 Å². The summed E-state index contributed by atoms with van der Waals surface area (Å²) in [6.07, 6.45) is -3.69. The highest BCUT2D eigenvalue weighted by Crippen LogP contribution is 2.30. The molecule has 0 N–H and O–H groups in total. The molecule has 1 saturated heterocycles. The number of halogens is 3. The van der Waals surface area contributed by atoms with Crippen LogP contribution >= 0.6 is 0 Å². The fourth-order valence-electron chi connectivity index (χ4n) is 3.30. The van der Waals surface area contributed by atoms with Crippen LogP contribution in [0.3, 0.4) is 0 Å². The maximum Gasteiger partial charge on any atom is 0.433 e. The quantitative estimate of drug-likeness (QED) is 0.733. The van der Waals surface area contributed by atoms with E-state index in [1.807, 2.05) is 4.90 Å². The van der Waals surface area contributed by atoms with Gasteiger partial charge in [0.2, 0.25) is 0 Å². The Bertz CT molecular complexity index is 891. The number of nitrogens with zero attached hydrogens (tertiary/aromatic N) is 3. The highest BCUT2D eigenvalue weighted by atomic mass is 19.4. The maximum atomic E-state index is 12.7. The summed E-state index contributed by atoms with van der Waals surface area (Å²) >= 11 is 0. The fourth-order valence-corrected chi connectivity index (χ4v) is 3.30. The van der Waals surface area contributed by atoms with Crippen molar-refractivity contribution < 1.29 is 27.5 Å². The molecule has 0 spiro atoms. The number of rotatable bonds is 5. The molecule has 0 atom stereocenters. The summed E-state index contributed by atoms with van der Waals surface area (Å²) in [4.78, 5) is 31.1. The molecule has 6 nitrogen and oxygen atoms in total. The zero-order chi connectivity index (χ0) is 19.9. The van der Waals surface area contributed by atoms with E-state index in [1.165, 1.54) is 11.0 Å². The second-order valence-corrected chi connectivity index (χ2v) is 6.68. The minimum atomic E-state index is -4.52. The molecule has 0 unspecified atom stereocenters. The summed E-state index contributed by atoms with van der Waals surface area (Å²) in [5, 5.41) is 0. The van der Waals surface area contributed by atoms with E-state index in [0.29, 0.717) is 30.8 Å². The molecule has 0 radical (unpaired) electrons. The Labute approximate surface area is 158 Å². The van der Waals surface area contributed by atoms with Gasteiger partial charge in [0.1, 0.15) is 17.5 Å². The van der Waals surface area contributed by atoms with E-state index in [1.54, 1.807) is 24.3 Å². The van der Waals surface area contributed by atoms with Gasteiger partial charge >= 0.3 is 6.18 Å². The van der Waals surface area contributed by atoms with Crippen molar-refractivity contribution in [2.24, 2.45) is 0 Å². The number of carbonyl (C=O) groups is 2. The Balaban J connectivity index is 1.27. The summed E-state index contributed by atoms with van der Waals surface area (Å²) in [6, 6.07) is 8.96. The molecule has 4 rings (SSSR count). The molecule has 9 heteroatoms. The van der Waals surface area contributed by atoms with Gasteiger partial charge in [-0.15, -0.1) is 0 Å². The fraction of sp³-hybridized carbons (Fsp3) is 0.316. The molecular weight excluding hydrogens is 375 g/mol.